The molecular weight excluding hydrogens is 382 g/mol. The molecule has 0 unspecified atom stereocenters. The summed E-state index contributed by atoms with van der Waals surface area (Å²) in [6, 6.07) is 0. The number of nitrogens with zero attached hydrogens (tertiary/aromatic N) is 4. The number of halogens is 1. The van der Waals surface area contributed by atoms with Crippen molar-refractivity contribution in [1.29, 1.82) is 0 Å². The molecule has 0 aliphatic carbocycles. The van der Waals surface area contributed by atoms with Crippen molar-refractivity contribution in [3.63, 3.8) is 0 Å². The molecule has 0 bridgehead atoms. The molecule has 26 heavy (non-hydrogen) atoms. The first-order valence-electron chi connectivity index (χ1n) is 7.84. The van der Waals surface area contributed by atoms with Gasteiger partial charge in [-0.1, -0.05) is 11.6 Å². The highest BCUT2D eigenvalue weighted by Crippen LogP contribution is 2.32. The van der Waals surface area contributed by atoms with Crippen LogP contribution in [0.2, 0.25) is 5.02 Å². The van der Waals surface area contributed by atoms with Crippen molar-refractivity contribution in [2.45, 2.75) is 31.1 Å². The third-order valence-electron chi connectivity index (χ3n) is 4.28. The van der Waals surface area contributed by atoms with Gasteiger partial charge in [0.1, 0.15) is 24.6 Å². The predicted octanol–water partition coefficient (Wildman–Crippen LogP) is 0.765. The Morgan fingerprint density at radius 2 is 2.08 bits per heavy atom. The summed E-state index contributed by atoms with van der Waals surface area (Å²) in [6.07, 6.45) is -1.33. The summed E-state index contributed by atoms with van der Waals surface area (Å²) < 4.78 is 7.06. The topological polar surface area (TPSA) is 126 Å². The van der Waals surface area contributed by atoms with Gasteiger partial charge < -0.3 is 25.4 Å². The van der Waals surface area contributed by atoms with Crippen LogP contribution < -0.4 is 5.32 Å². The molecule has 0 aromatic carbocycles. The molecule has 138 valence electrons. The average Bonchev–Trinajstić information content (AvgIpc) is 3.32. The van der Waals surface area contributed by atoms with E-state index in [1.54, 1.807) is 0 Å². The third kappa shape index (κ3) is 2.94. The molecule has 3 aromatic heterocycles. The van der Waals surface area contributed by atoms with Gasteiger partial charge in [0, 0.05) is 17.5 Å². The fourth-order valence-corrected chi connectivity index (χ4v) is 3.94. The first-order chi connectivity index (χ1) is 12.6. The van der Waals surface area contributed by atoms with Crippen molar-refractivity contribution in [2.24, 2.45) is 0 Å². The number of aliphatic hydroxyl groups is 3. The number of thiophene rings is 1. The fourth-order valence-electron chi connectivity index (χ4n) is 2.89. The van der Waals surface area contributed by atoms with Gasteiger partial charge >= 0.3 is 0 Å². The normalized spacial score (nSPS) is 25.8. The van der Waals surface area contributed by atoms with E-state index < -0.39 is 31.1 Å². The third-order valence-corrected chi connectivity index (χ3v) is 5.56. The lowest BCUT2D eigenvalue weighted by atomic mass is 10.1. The van der Waals surface area contributed by atoms with Crippen molar-refractivity contribution in [3.8, 4) is 0 Å². The summed E-state index contributed by atoms with van der Waals surface area (Å²) in [5.41, 5.74) is 1.89. The highest BCUT2D eigenvalue weighted by atomic mass is 35.5. The van der Waals surface area contributed by atoms with Crippen LogP contribution in [0.4, 0.5) is 5.82 Å². The van der Waals surface area contributed by atoms with E-state index >= 15 is 0 Å². The molecule has 1 aliphatic heterocycles. The predicted molar refractivity (Wildman–Crippen MR) is 95.0 cm³/mol. The van der Waals surface area contributed by atoms with Gasteiger partial charge in [0.05, 0.1) is 18.0 Å². The zero-order valence-electron chi connectivity index (χ0n) is 13.4. The Morgan fingerprint density at radius 3 is 2.77 bits per heavy atom. The van der Waals surface area contributed by atoms with Crippen molar-refractivity contribution in [1.82, 2.24) is 19.5 Å². The standard InChI is InChI=1S/C15H16ClN5O4S/c16-8-4-26-3-7(8)1-17-13-10-14(19-5-18-13)21(6-20-10)15-12(24)11(23)9(2-22)25-15/h3-6,9,11-12,15,22-24H,1-2H2,(H,17,18,19)/t9-,11-,12-,15-/m1/s1. The minimum atomic E-state index is -1.21. The number of ether oxygens (including phenoxy) is 1. The Labute approximate surface area is 156 Å². The average molecular weight is 398 g/mol. The number of hydrogen-bond donors (Lipinski definition) is 4. The van der Waals surface area contributed by atoms with E-state index in [-0.39, 0.29) is 0 Å². The lowest BCUT2D eigenvalue weighted by Gasteiger charge is -2.16. The van der Waals surface area contributed by atoms with Gasteiger partial charge in [-0.2, -0.15) is 11.3 Å². The summed E-state index contributed by atoms with van der Waals surface area (Å²) in [6.45, 7) is 0.0830. The molecule has 0 saturated carbocycles. The lowest BCUT2D eigenvalue weighted by molar-refractivity contribution is -0.0511. The van der Waals surface area contributed by atoms with Gasteiger partial charge in [-0.3, -0.25) is 4.57 Å². The van der Waals surface area contributed by atoms with Crippen LogP contribution in [-0.2, 0) is 11.3 Å². The Hall–Kier alpha value is -1.82. The van der Waals surface area contributed by atoms with Crippen molar-refractivity contribution < 1.29 is 20.1 Å². The number of rotatable bonds is 5. The second-order valence-electron chi connectivity index (χ2n) is 5.87. The van der Waals surface area contributed by atoms with E-state index in [9.17, 15) is 15.3 Å². The number of anilines is 1. The van der Waals surface area contributed by atoms with Crippen LogP contribution in [0.3, 0.4) is 0 Å². The van der Waals surface area contributed by atoms with Gasteiger partial charge in [0.25, 0.3) is 0 Å². The van der Waals surface area contributed by atoms with Gasteiger partial charge in [-0.15, -0.1) is 0 Å². The second-order valence-corrected chi connectivity index (χ2v) is 7.02. The molecule has 11 heteroatoms. The molecule has 4 N–H and O–H groups in total. The zero-order chi connectivity index (χ0) is 18.3. The van der Waals surface area contributed by atoms with Crippen LogP contribution in [0.5, 0.6) is 0 Å². The maximum Gasteiger partial charge on any atom is 0.167 e. The molecule has 4 atom stereocenters. The van der Waals surface area contributed by atoms with Gasteiger partial charge in [-0.05, 0) is 5.38 Å². The van der Waals surface area contributed by atoms with E-state index in [1.165, 1.54) is 28.6 Å². The highest BCUT2D eigenvalue weighted by molar-refractivity contribution is 7.08. The second kappa shape index (κ2) is 7.06. The Kier molecular flexibility index (Phi) is 4.78. The van der Waals surface area contributed by atoms with E-state index in [4.69, 9.17) is 16.3 Å². The van der Waals surface area contributed by atoms with Crippen LogP contribution >= 0.6 is 22.9 Å². The first kappa shape index (κ1) is 17.6. The SMILES string of the molecule is OC[C@H]1O[C@@H](n2cnc3c(NCc4cscc4Cl)ncnc32)[C@H](O)[C@@H]1O. The Morgan fingerprint density at radius 1 is 1.23 bits per heavy atom. The Bertz CT molecular complexity index is 918. The van der Waals surface area contributed by atoms with E-state index in [1.807, 2.05) is 10.8 Å². The molecule has 0 amide bonds. The van der Waals surface area contributed by atoms with E-state index in [0.717, 1.165) is 5.56 Å². The number of hydrogen-bond acceptors (Lipinski definition) is 9. The van der Waals surface area contributed by atoms with Crippen molar-refractivity contribution >= 4 is 39.9 Å². The van der Waals surface area contributed by atoms with Gasteiger partial charge in [0.2, 0.25) is 0 Å². The molecule has 4 heterocycles. The summed E-state index contributed by atoms with van der Waals surface area (Å²) in [7, 11) is 0. The van der Waals surface area contributed by atoms with E-state index in [2.05, 4.69) is 20.3 Å². The monoisotopic (exact) mass is 397 g/mol. The molecule has 0 spiro atoms. The number of imidazole rings is 1. The van der Waals surface area contributed by atoms with Crippen LogP contribution in [0.25, 0.3) is 11.2 Å². The maximum atomic E-state index is 10.2. The van der Waals surface area contributed by atoms with Crippen LogP contribution in [0.15, 0.2) is 23.4 Å². The summed E-state index contributed by atoms with van der Waals surface area (Å²) >= 11 is 7.62. The molecule has 1 fully saturated rings. The molecule has 1 saturated heterocycles. The summed E-state index contributed by atoms with van der Waals surface area (Å²) in [4.78, 5) is 12.7. The van der Waals surface area contributed by atoms with Gasteiger partial charge in [0.15, 0.2) is 23.2 Å². The molecular formula is C15H16ClN5O4S. The van der Waals surface area contributed by atoms with Gasteiger partial charge in [-0.25, -0.2) is 15.0 Å². The lowest BCUT2D eigenvalue weighted by Crippen LogP contribution is -2.33. The molecule has 1 aliphatic rings. The quantitative estimate of drug-likeness (QED) is 0.497. The minimum absolute atomic E-state index is 0.398. The van der Waals surface area contributed by atoms with Crippen LogP contribution in [-0.4, -0.2) is 59.8 Å². The zero-order valence-corrected chi connectivity index (χ0v) is 14.9. The number of aromatic nitrogens is 4. The Balaban J connectivity index is 1.62. The van der Waals surface area contributed by atoms with E-state index in [0.29, 0.717) is 28.5 Å². The highest BCUT2D eigenvalue weighted by Gasteiger charge is 2.44. The largest absolute Gasteiger partial charge is 0.394 e. The number of fused-ring (bicyclic) bond motifs is 1. The molecule has 4 rings (SSSR count). The van der Waals surface area contributed by atoms with Crippen LogP contribution in [0.1, 0.15) is 11.8 Å². The van der Waals surface area contributed by atoms with Crippen molar-refractivity contribution in [2.75, 3.05) is 11.9 Å². The van der Waals surface area contributed by atoms with Crippen molar-refractivity contribution in [3.05, 3.63) is 34.0 Å². The maximum absolute atomic E-state index is 10.2. The molecule has 0 radical (unpaired) electrons. The number of aliphatic hydroxyl groups excluding tert-OH is 3. The fraction of sp³-hybridized carbons (Fsp3) is 0.400. The first-order valence-corrected chi connectivity index (χ1v) is 9.16. The smallest absolute Gasteiger partial charge is 0.167 e. The summed E-state index contributed by atoms with van der Waals surface area (Å²) in [5, 5.41) is 37.1. The minimum Gasteiger partial charge on any atom is -0.394 e. The number of nitrogens with one attached hydrogen (secondary N) is 1. The van der Waals surface area contributed by atoms with Crippen LogP contribution in [0, 0.1) is 0 Å². The molecule has 9 nitrogen and oxygen atoms in total. The summed E-state index contributed by atoms with van der Waals surface area (Å²) in [5.74, 6) is 0.516. The molecule has 3 aromatic rings.